The highest BCUT2D eigenvalue weighted by molar-refractivity contribution is 5.77. The van der Waals surface area contributed by atoms with E-state index in [0.717, 1.165) is 24.3 Å². The number of carbonyl (C=O) groups excluding carboxylic acids is 1. The van der Waals surface area contributed by atoms with Crippen molar-refractivity contribution in [1.29, 1.82) is 0 Å². The van der Waals surface area contributed by atoms with Gasteiger partial charge in [0.25, 0.3) is 5.91 Å². The zero-order valence-corrected chi connectivity index (χ0v) is 15.1. The van der Waals surface area contributed by atoms with Crippen LogP contribution < -0.4 is 14.8 Å². The van der Waals surface area contributed by atoms with Gasteiger partial charge in [0, 0.05) is 25.5 Å². The number of aromatic nitrogens is 2. The third-order valence-corrected chi connectivity index (χ3v) is 3.89. The maximum atomic E-state index is 11.8. The second-order valence-corrected chi connectivity index (χ2v) is 6.01. The number of amides is 1. The van der Waals surface area contributed by atoms with Gasteiger partial charge in [0.1, 0.15) is 18.1 Å². The lowest BCUT2D eigenvalue weighted by Gasteiger charge is -2.09. The van der Waals surface area contributed by atoms with Gasteiger partial charge in [0.2, 0.25) is 0 Å². The molecule has 0 aliphatic carbocycles. The largest absolute Gasteiger partial charge is 0.489 e. The van der Waals surface area contributed by atoms with Crippen LogP contribution in [0.4, 0.5) is 0 Å². The summed E-state index contributed by atoms with van der Waals surface area (Å²) in [5.74, 6) is 1.25. The van der Waals surface area contributed by atoms with Crippen molar-refractivity contribution in [2.45, 2.75) is 19.6 Å². The van der Waals surface area contributed by atoms with Gasteiger partial charge >= 0.3 is 0 Å². The first-order chi connectivity index (χ1) is 13.3. The van der Waals surface area contributed by atoms with Crippen molar-refractivity contribution in [3.63, 3.8) is 0 Å². The molecule has 0 saturated heterocycles. The molecule has 140 valence electrons. The smallest absolute Gasteiger partial charge is 0.257 e. The van der Waals surface area contributed by atoms with Crippen LogP contribution in [0.2, 0.25) is 0 Å². The minimum absolute atomic E-state index is 0.00795. The van der Waals surface area contributed by atoms with E-state index in [4.69, 9.17) is 9.47 Å². The summed E-state index contributed by atoms with van der Waals surface area (Å²) in [5, 5.41) is 6.95. The van der Waals surface area contributed by atoms with E-state index in [1.165, 1.54) is 0 Å². The molecule has 0 aliphatic heterocycles. The summed E-state index contributed by atoms with van der Waals surface area (Å²) < 4.78 is 13.1. The quantitative estimate of drug-likeness (QED) is 0.561. The fraction of sp³-hybridized carbons (Fsp3) is 0.238. The van der Waals surface area contributed by atoms with E-state index < -0.39 is 0 Å². The molecule has 27 heavy (non-hydrogen) atoms. The van der Waals surface area contributed by atoms with E-state index in [2.05, 4.69) is 10.4 Å². The first-order valence-corrected chi connectivity index (χ1v) is 8.93. The number of hydrogen-bond donors (Lipinski definition) is 1. The molecule has 3 rings (SSSR count). The Labute approximate surface area is 158 Å². The Hall–Kier alpha value is -3.28. The molecule has 2 aromatic carbocycles. The summed E-state index contributed by atoms with van der Waals surface area (Å²) in [5.41, 5.74) is 1.11. The van der Waals surface area contributed by atoms with Gasteiger partial charge in [-0.1, -0.05) is 30.3 Å². The van der Waals surface area contributed by atoms with Gasteiger partial charge in [-0.25, -0.2) is 0 Å². The number of benzene rings is 2. The average molecular weight is 365 g/mol. The van der Waals surface area contributed by atoms with Gasteiger partial charge in [0.15, 0.2) is 6.61 Å². The van der Waals surface area contributed by atoms with Crippen LogP contribution in [0.15, 0.2) is 73.1 Å². The molecule has 0 radical (unpaired) electrons. The predicted octanol–water partition coefficient (Wildman–Crippen LogP) is 3.05. The summed E-state index contributed by atoms with van der Waals surface area (Å²) in [4.78, 5) is 11.8. The van der Waals surface area contributed by atoms with E-state index in [1.54, 1.807) is 18.3 Å². The SMILES string of the molecule is O=C(COc1ccc(OCc2ccccc2)cc1)NCCCn1cccn1. The topological polar surface area (TPSA) is 65.4 Å². The highest BCUT2D eigenvalue weighted by Crippen LogP contribution is 2.18. The lowest BCUT2D eigenvalue weighted by atomic mass is 10.2. The summed E-state index contributed by atoms with van der Waals surface area (Å²) in [6.07, 6.45) is 4.46. The molecular formula is C21H23N3O3. The number of rotatable bonds is 10. The third-order valence-electron chi connectivity index (χ3n) is 3.89. The lowest BCUT2D eigenvalue weighted by molar-refractivity contribution is -0.123. The Bertz CT molecular complexity index is 802. The Balaban J connectivity index is 1.32. The Morgan fingerprint density at radius 3 is 2.41 bits per heavy atom. The first-order valence-electron chi connectivity index (χ1n) is 8.93. The minimum Gasteiger partial charge on any atom is -0.489 e. The molecule has 0 atom stereocenters. The molecule has 0 saturated carbocycles. The number of nitrogens with zero attached hydrogens (tertiary/aromatic N) is 2. The number of hydrogen-bond acceptors (Lipinski definition) is 4. The second kappa shape index (κ2) is 10.0. The number of ether oxygens (including phenoxy) is 2. The van der Waals surface area contributed by atoms with Crippen LogP contribution in [-0.2, 0) is 17.9 Å². The number of nitrogens with one attached hydrogen (secondary N) is 1. The Morgan fingerprint density at radius 2 is 1.70 bits per heavy atom. The van der Waals surface area contributed by atoms with Gasteiger partial charge in [-0.05, 0) is 42.3 Å². The van der Waals surface area contributed by atoms with Crippen LogP contribution in [0.3, 0.4) is 0 Å². The first kappa shape index (κ1) is 18.5. The van der Waals surface area contributed by atoms with Gasteiger partial charge in [0.05, 0.1) is 0 Å². The highest BCUT2D eigenvalue weighted by atomic mass is 16.5. The minimum atomic E-state index is -0.139. The van der Waals surface area contributed by atoms with Crippen LogP contribution in [0, 0.1) is 0 Å². The summed E-state index contributed by atoms with van der Waals surface area (Å²) in [6.45, 7) is 1.88. The molecule has 0 spiro atoms. The van der Waals surface area contributed by atoms with E-state index in [-0.39, 0.29) is 12.5 Å². The molecule has 0 fully saturated rings. The Kier molecular flexibility index (Phi) is 6.86. The normalized spacial score (nSPS) is 10.4. The molecule has 1 N–H and O–H groups in total. The zero-order chi connectivity index (χ0) is 18.7. The van der Waals surface area contributed by atoms with Crippen molar-refractivity contribution >= 4 is 5.91 Å². The van der Waals surface area contributed by atoms with Crippen LogP contribution in [0.5, 0.6) is 11.5 Å². The van der Waals surface area contributed by atoms with Gasteiger partial charge in [-0.2, -0.15) is 5.10 Å². The van der Waals surface area contributed by atoms with Crippen molar-refractivity contribution < 1.29 is 14.3 Å². The van der Waals surface area contributed by atoms with E-state index in [1.807, 2.05) is 59.4 Å². The van der Waals surface area contributed by atoms with Crippen LogP contribution in [-0.4, -0.2) is 28.8 Å². The fourth-order valence-electron chi connectivity index (χ4n) is 2.47. The number of aryl methyl sites for hydroxylation is 1. The van der Waals surface area contributed by atoms with Crippen molar-refractivity contribution in [2.75, 3.05) is 13.2 Å². The molecule has 0 unspecified atom stereocenters. The molecule has 1 heterocycles. The molecule has 1 aromatic heterocycles. The molecule has 0 aliphatic rings. The summed E-state index contributed by atoms with van der Waals surface area (Å²) in [7, 11) is 0. The van der Waals surface area contributed by atoms with E-state index >= 15 is 0 Å². The summed E-state index contributed by atoms with van der Waals surface area (Å²) in [6, 6.07) is 19.1. The maximum Gasteiger partial charge on any atom is 0.257 e. The van der Waals surface area contributed by atoms with Crippen molar-refractivity contribution in [2.24, 2.45) is 0 Å². The fourth-order valence-corrected chi connectivity index (χ4v) is 2.47. The second-order valence-electron chi connectivity index (χ2n) is 6.01. The number of carbonyl (C=O) groups is 1. The Morgan fingerprint density at radius 1 is 0.963 bits per heavy atom. The van der Waals surface area contributed by atoms with Crippen LogP contribution >= 0.6 is 0 Å². The van der Waals surface area contributed by atoms with E-state index in [0.29, 0.717) is 18.9 Å². The van der Waals surface area contributed by atoms with Crippen molar-refractivity contribution in [1.82, 2.24) is 15.1 Å². The van der Waals surface area contributed by atoms with Gasteiger partial charge < -0.3 is 14.8 Å². The van der Waals surface area contributed by atoms with Crippen molar-refractivity contribution in [3.8, 4) is 11.5 Å². The molecule has 6 heteroatoms. The molecule has 6 nitrogen and oxygen atoms in total. The molecule has 3 aromatic rings. The summed E-state index contributed by atoms with van der Waals surface area (Å²) >= 11 is 0. The maximum absolute atomic E-state index is 11.8. The molecule has 0 bridgehead atoms. The third kappa shape index (κ3) is 6.51. The van der Waals surface area contributed by atoms with Gasteiger partial charge in [-0.3, -0.25) is 9.48 Å². The van der Waals surface area contributed by atoms with E-state index in [9.17, 15) is 4.79 Å². The van der Waals surface area contributed by atoms with Gasteiger partial charge in [-0.15, -0.1) is 0 Å². The highest BCUT2D eigenvalue weighted by Gasteiger charge is 2.03. The van der Waals surface area contributed by atoms with Crippen LogP contribution in [0.25, 0.3) is 0 Å². The zero-order valence-electron chi connectivity index (χ0n) is 15.1. The van der Waals surface area contributed by atoms with Crippen LogP contribution in [0.1, 0.15) is 12.0 Å². The molecular weight excluding hydrogens is 342 g/mol. The predicted molar refractivity (Wildman–Crippen MR) is 103 cm³/mol. The standard InChI is InChI=1S/C21H23N3O3/c25-21(22-12-4-14-24-15-5-13-23-24)17-27-20-10-8-19(9-11-20)26-16-18-6-2-1-3-7-18/h1-3,5-11,13,15H,4,12,14,16-17H2,(H,22,25). The average Bonchev–Trinajstić information content (AvgIpc) is 3.23. The van der Waals surface area contributed by atoms with Crippen molar-refractivity contribution in [3.05, 3.63) is 78.6 Å². The lowest BCUT2D eigenvalue weighted by Crippen LogP contribution is -2.30. The molecule has 1 amide bonds. The monoisotopic (exact) mass is 365 g/mol.